The highest BCUT2D eigenvalue weighted by atomic mass is 16.1. The number of hydrogen-bond acceptors (Lipinski definition) is 5. The molecular weight excluding hydrogens is 480 g/mol. The largest absolute Gasteiger partial charge is 0.369 e. The molecule has 0 bridgehead atoms. The van der Waals surface area contributed by atoms with E-state index in [4.69, 9.17) is 9.98 Å². The Hall–Kier alpha value is -2.79. The minimum absolute atomic E-state index is 0.0123. The lowest BCUT2D eigenvalue weighted by molar-refractivity contribution is -0.112. The third-order valence-corrected chi connectivity index (χ3v) is 7.83. The van der Waals surface area contributed by atoms with E-state index < -0.39 is 0 Å². The molecule has 39 heavy (non-hydrogen) atoms. The lowest BCUT2D eigenvalue weighted by Crippen LogP contribution is -2.45. The minimum atomic E-state index is -0.0123. The van der Waals surface area contributed by atoms with Crippen LogP contribution in [0, 0.1) is 18.8 Å². The van der Waals surface area contributed by atoms with E-state index in [0.717, 1.165) is 67.3 Å². The number of nitrogens with zero attached hydrogens (tertiary/aromatic N) is 4. The van der Waals surface area contributed by atoms with E-state index in [1.54, 1.807) is 13.0 Å². The van der Waals surface area contributed by atoms with E-state index in [-0.39, 0.29) is 11.7 Å². The highest BCUT2D eigenvalue weighted by molar-refractivity contribution is 6.03. The maximum atomic E-state index is 12.3. The van der Waals surface area contributed by atoms with Gasteiger partial charge in [0.05, 0.1) is 11.4 Å². The summed E-state index contributed by atoms with van der Waals surface area (Å²) in [5, 5.41) is 0. The number of aliphatic imine (C=N–C) groups is 2. The van der Waals surface area contributed by atoms with E-state index in [1.807, 2.05) is 0 Å². The van der Waals surface area contributed by atoms with Crippen LogP contribution in [0.5, 0.6) is 0 Å². The van der Waals surface area contributed by atoms with Gasteiger partial charge in [-0.05, 0) is 89.1 Å². The fraction of sp³-hybridized carbons (Fsp3) is 0.559. The number of aryl methyl sites for hydroxylation is 1. The molecule has 1 aliphatic heterocycles. The molecule has 0 spiro atoms. The fourth-order valence-electron chi connectivity index (χ4n) is 4.62. The summed E-state index contributed by atoms with van der Waals surface area (Å²) < 4.78 is 0. The van der Waals surface area contributed by atoms with Crippen LogP contribution >= 0.6 is 0 Å². The Morgan fingerprint density at radius 1 is 1.00 bits per heavy atom. The van der Waals surface area contributed by atoms with Crippen LogP contribution in [0.4, 0.5) is 5.69 Å². The number of benzene rings is 1. The molecule has 2 unspecified atom stereocenters. The number of carbonyl (C=O) groups is 1. The van der Waals surface area contributed by atoms with Crippen molar-refractivity contribution in [2.75, 3.05) is 32.7 Å². The van der Waals surface area contributed by atoms with Crippen LogP contribution < -0.4 is 0 Å². The Kier molecular flexibility index (Phi) is 13.6. The zero-order chi connectivity index (χ0) is 28.9. The predicted octanol–water partition coefficient (Wildman–Crippen LogP) is 8.04. The van der Waals surface area contributed by atoms with E-state index in [9.17, 15) is 4.79 Å². The molecule has 0 N–H and O–H groups in total. The zero-order valence-electron chi connectivity index (χ0n) is 26.1. The molecule has 1 aromatic rings. The van der Waals surface area contributed by atoms with E-state index in [2.05, 4.69) is 102 Å². The summed E-state index contributed by atoms with van der Waals surface area (Å²) >= 11 is 0. The minimum Gasteiger partial charge on any atom is -0.369 e. The van der Waals surface area contributed by atoms with Gasteiger partial charge < -0.3 is 4.90 Å². The molecule has 5 heteroatoms. The predicted molar refractivity (Wildman–Crippen MR) is 170 cm³/mol. The first-order chi connectivity index (χ1) is 18.6. The van der Waals surface area contributed by atoms with Gasteiger partial charge in [-0.15, -0.1) is 0 Å². The summed E-state index contributed by atoms with van der Waals surface area (Å²) in [6.07, 6.45) is 11.4. The van der Waals surface area contributed by atoms with E-state index in [1.165, 1.54) is 18.7 Å². The van der Waals surface area contributed by atoms with Gasteiger partial charge in [-0.1, -0.05) is 52.8 Å². The Morgan fingerprint density at radius 3 is 2.23 bits per heavy atom. The second-order valence-corrected chi connectivity index (χ2v) is 10.9. The molecule has 0 saturated carbocycles. The fourth-order valence-corrected chi connectivity index (χ4v) is 4.62. The van der Waals surface area contributed by atoms with E-state index >= 15 is 0 Å². The van der Waals surface area contributed by atoms with Gasteiger partial charge in [-0.25, -0.2) is 0 Å². The number of allylic oxidation sites excluding steroid dienone is 4. The van der Waals surface area contributed by atoms with Gasteiger partial charge in [0, 0.05) is 54.9 Å². The maximum Gasteiger partial charge on any atom is 0.154 e. The molecule has 2 rings (SSSR count). The van der Waals surface area contributed by atoms with Crippen molar-refractivity contribution >= 4 is 28.6 Å². The zero-order valence-corrected chi connectivity index (χ0v) is 26.1. The van der Waals surface area contributed by atoms with Crippen LogP contribution in [0.3, 0.4) is 0 Å². The second-order valence-electron chi connectivity index (χ2n) is 10.9. The van der Waals surface area contributed by atoms with Gasteiger partial charge in [0.1, 0.15) is 0 Å². The molecule has 5 nitrogen and oxygen atoms in total. The molecule has 1 aromatic carbocycles. The summed E-state index contributed by atoms with van der Waals surface area (Å²) in [5.74, 6) is 0.671. The highest BCUT2D eigenvalue weighted by Crippen LogP contribution is 2.28. The van der Waals surface area contributed by atoms with Crippen molar-refractivity contribution < 1.29 is 4.79 Å². The van der Waals surface area contributed by atoms with Gasteiger partial charge in [0.25, 0.3) is 0 Å². The molecular formula is C34H52N4O. The first-order valence-electron chi connectivity index (χ1n) is 14.9. The Bertz CT molecular complexity index is 1100. The molecule has 1 aliphatic rings. The highest BCUT2D eigenvalue weighted by Gasteiger charge is 2.17. The monoisotopic (exact) mass is 532 g/mol. The third kappa shape index (κ3) is 10.0. The molecule has 1 saturated heterocycles. The first-order valence-corrected chi connectivity index (χ1v) is 14.9. The van der Waals surface area contributed by atoms with Crippen molar-refractivity contribution in [3.05, 3.63) is 59.3 Å². The number of ketones is 1. The molecule has 1 heterocycles. The molecule has 2 atom stereocenters. The number of piperazine rings is 1. The lowest BCUT2D eigenvalue weighted by Gasteiger charge is -2.36. The summed E-state index contributed by atoms with van der Waals surface area (Å²) in [5.41, 5.74) is 6.99. The van der Waals surface area contributed by atoms with Crippen molar-refractivity contribution in [3.8, 4) is 0 Å². The summed E-state index contributed by atoms with van der Waals surface area (Å²) in [4.78, 5) is 27.4. The maximum absolute atomic E-state index is 12.3. The molecule has 0 amide bonds. The van der Waals surface area contributed by atoms with Gasteiger partial charge in [0.2, 0.25) is 0 Å². The molecule has 0 aliphatic carbocycles. The van der Waals surface area contributed by atoms with Crippen molar-refractivity contribution in [1.82, 2.24) is 9.80 Å². The van der Waals surface area contributed by atoms with Crippen molar-refractivity contribution in [2.24, 2.45) is 21.8 Å². The van der Waals surface area contributed by atoms with Crippen LogP contribution in [0.1, 0.15) is 85.8 Å². The van der Waals surface area contributed by atoms with Gasteiger partial charge >= 0.3 is 0 Å². The third-order valence-electron chi connectivity index (χ3n) is 7.83. The van der Waals surface area contributed by atoms with E-state index in [0.29, 0.717) is 11.6 Å². The average molecular weight is 533 g/mol. The number of rotatable bonds is 13. The topological polar surface area (TPSA) is 48.3 Å². The van der Waals surface area contributed by atoms with Crippen LogP contribution in [0.25, 0.3) is 5.70 Å². The second kappa shape index (κ2) is 16.3. The quantitative estimate of drug-likeness (QED) is 0.147. The SMILES string of the molecule is C\C=C(/C=C\C(=N/C(=C\C(C)=O)c1ccc(C)c(N=C(C)C(C)CC)c1)C(C)CC)N1CCN(CCC)CC1. The van der Waals surface area contributed by atoms with Gasteiger partial charge in [-0.2, -0.15) is 0 Å². The lowest BCUT2D eigenvalue weighted by atomic mass is 10.0. The molecule has 0 radical (unpaired) electrons. The van der Waals surface area contributed by atoms with Crippen LogP contribution in [0.2, 0.25) is 0 Å². The summed E-state index contributed by atoms with van der Waals surface area (Å²) in [6, 6.07) is 6.21. The van der Waals surface area contributed by atoms with Gasteiger partial charge in [0.15, 0.2) is 5.78 Å². The number of carbonyl (C=O) groups excluding carboxylic acids is 1. The van der Waals surface area contributed by atoms with Crippen LogP contribution in [0.15, 0.2) is 58.2 Å². The van der Waals surface area contributed by atoms with Crippen LogP contribution in [-0.2, 0) is 4.79 Å². The van der Waals surface area contributed by atoms with Crippen molar-refractivity contribution in [2.45, 2.75) is 81.6 Å². The first kappa shape index (κ1) is 32.4. The van der Waals surface area contributed by atoms with Gasteiger partial charge in [-0.3, -0.25) is 19.7 Å². The summed E-state index contributed by atoms with van der Waals surface area (Å²) in [7, 11) is 0. The molecule has 214 valence electrons. The molecule has 1 fully saturated rings. The Labute approximate surface area is 238 Å². The molecule has 0 aromatic heterocycles. The smallest absolute Gasteiger partial charge is 0.154 e. The average Bonchev–Trinajstić information content (AvgIpc) is 2.93. The van der Waals surface area contributed by atoms with Crippen LogP contribution in [-0.4, -0.2) is 59.7 Å². The van der Waals surface area contributed by atoms with Crippen molar-refractivity contribution in [1.29, 1.82) is 0 Å². The normalized spacial score (nSPS) is 18.1. The number of hydrogen-bond donors (Lipinski definition) is 0. The Balaban J connectivity index is 2.44. The standard InChI is InChI=1S/C34H52N4O/c1-10-18-37-19-21-38(22-20-37)31(13-4)16-17-32(26(6)12-3)36-34(23-28(8)39)30-15-14-27(7)33(24-30)35-29(9)25(5)11-2/h13-17,23-26H,10-12,18-22H2,1-9H3/b17-16-,31-13+,34-23-,35-29?,36-32+. The Morgan fingerprint density at radius 2 is 1.67 bits per heavy atom. The van der Waals surface area contributed by atoms with Crippen molar-refractivity contribution in [3.63, 3.8) is 0 Å². The summed E-state index contributed by atoms with van der Waals surface area (Å²) in [6.45, 7) is 24.4.